The van der Waals surface area contributed by atoms with E-state index in [-0.39, 0.29) is 0 Å². The van der Waals surface area contributed by atoms with Gasteiger partial charge in [-0.25, -0.2) is 0 Å². The van der Waals surface area contributed by atoms with Gasteiger partial charge in [-0.05, 0) is 25.0 Å². The Labute approximate surface area is 106 Å². The Morgan fingerprint density at radius 1 is 1.33 bits per heavy atom. The molecule has 4 heteroatoms. The number of aryl methyl sites for hydroxylation is 1. The van der Waals surface area contributed by atoms with Crippen molar-refractivity contribution in [1.29, 1.82) is 0 Å². The molecule has 18 heavy (non-hydrogen) atoms. The van der Waals surface area contributed by atoms with Crippen LogP contribution in [-0.4, -0.2) is 19.4 Å². The van der Waals surface area contributed by atoms with Crippen molar-refractivity contribution in [2.45, 2.75) is 26.7 Å². The first-order chi connectivity index (χ1) is 8.62. The minimum absolute atomic E-state index is 0.388. The second-order valence-corrected chi connectivity index (χ2v) is 3.67. The molecule has 0 saturated heterocycles. The van der Waals surface area contributed by atoms with E-state index in [0.29, 0.717) is 5.76 Å². The maximum Gasteiger partial charge on any atom is 0.312 e. The Morgan fingerprint density at radius 3 is 2.33 bits per heavy atom. The monoisotopic (exact) mass is 253 g/mol. The topological polar surface area (TPSA) is 21.6 Å². The summed E-state index contributed by atoms with van der Waals surface area (Å²) in [5.74, 6) is -0.179. The Bertz CT molecular complexity index is 436. The summed E-state index contributed by atoms with van der Waals surface area (Å²) in [4.78, 5) is 3.44. The summed E-state index contributed by atoms with van der Waals surface area (Å²) in [5, 5.41) is 0. The number of rotatable bonds is 4. The molecular formula is C14H17F2NO. The van der Waals surface area contributed by atoms with E-state index in [9.17, 15) is 8.78 Å². The molecule has 0 aliphatic heterocycles. The Hall–Kier alpha value is -1.71. The first-order valence-electron chi connectivity index (χ1n) is 5.80. The molecule has 1 rings (SSSR count). The van der Waals surface area contributed by atoms with Crippen molar-refractivity contribution in [3.8, 4) is 0 Å². The fraction of sp³-hybridized carbons (Fsp3) is 0.357. The minimum Gasteiger partial charge on any atom is -0.438 e. The van der Waals surface area contributed by atoms with Gasteiger partial charge >= 0.3 is 6.43 Å². The molecule has 2 nitrogen and oxygen atoms in total. The highest BCUT2D eigenvalue weighted by Crippen LogP contribution is 2.19. The summed E-state index contributed by atoms with van der Waals surface area (Å²) < 4.78 is 30.2. The number of benzene rings is 1. The van der Waals surface area contributed by atoms with E-state index in [2.05, 4.69) is 11.9 Å². The van der Waals surface area contributed by atoms with Crippen molar-refractivity contribution < 1.29 is 13.5 Å². The van der Waals surface area contributed by atoms with Crippen LogP contribution in [0.15, 0.2) is 35.3 Å². The van der Waals surface area contributed by atoms with E-state index in [1.54, 1.807) is 13.0 Å². The van der Waals surface area contributed by atoms with Gasteiger partial charge < -0.3 is 4.74 Å². The molecule has 0 unspecified atom stereocenters. The highest BCUT2D eigenvalue weighted by atomic mass is 19.3. The Morgan fingerprint density at radius 2 is 1.94 bits per heavy atom. The number of allylic oxidation sites excluding steroid dienone is 1. The van der Waals surface area contributed by atoms with Crippen LogP contribution in [-0.2, 0) is 11.2 Å². The van der Waals surface area contributed by atoms with Gasteiger partial charge in [0, 0.05) is 12.6 Å². The van der Waals surface area contributed by atoms with E-state index in [1.807, 2.05) is 24.3 Å². The van der Waals surface area contributed by atoms with Gasteiger partial charge in [-0.15, -0.1) is 0 Å². The molecule has 0 aliphatic rings. The first-order valence-corrected chi connectivity index (χ1v) is 5.80. The molecule has 0 atom stereocenters. The number of ether oxygens (including phenoxy) is 1. The molecule has 0 amide bonds. The Balaban J connectivity index is 2.90. The van der Waals surface area contributed by atoms with Crippen molar-refractivity contribution in [3.63, 3.8) is 0 Å². The van der Waals surface area contributed by atoms with Gasteiger partial charge in [-0.3, -0.25) is 4.99 Å². The SMILES string of the molecule is CC=C(OC(=NC)C(F)F)c1ccc(CC)cc1. The predicted molar refractivity (Wildman–Crippen MR) is 69.9 cm³/mol. The lowest BCUT2D eigenvalue weighted by Crippen LogP contribution is -2.14. The predicted octanol–water partition coefficient (Wildman–Crippen LogP) is 3.92. The zero-order chi connectivity index (χ0) is 13.5. The number of nitrogens with zero attached hydrogens (tertiary/aromatic N) is 1. The van der Waals surface area contributed by atoms with Gasteiger partial charge in [0.15, 0.2) is 0 Å². The molecule has 0 aliphatic carbocycles. The average molecular weight is 253 g/mol. The third-order valence-corrected chi connectivity index (χ3v) is 2.53. The lowest BCUT2D eigenvalue weighted by Gasteiger charge is -2.11. The zero-order valence-corrected chi connectivity index (χ0v) is 10.8. The molecule has 0 heterocycles. The number of aliphatic imine (C=N–C) groups is 1. The molecular weight excluding hydrogens is 236 g/mol. The van der Waals surface area contributed by atoms with Gasteiger partial charge in [0.25, 0.3) is 5.90 Å². The normalized spacial score (nSPS) is 13.0. The van der Waals surface area contributed by atoms with Gasteiger partial charge in [0.05, 0.1) is 0 Å². The molecule has 0 radical (unpaired) electrons. The Kier molecular flexibility index (Phi) is 5.49. The maximum atomic E-state index is 12.5. The summed E-state index contributed by atoms with van der Waals surface area (Å²) in [6, 6.07) is 7.61. The van der Waals surface area contributed by atoms with Crippen LogP contribution in [0.3, 0.4) is 0 Å². The van der Waals surface area contributed by atoms with Crippen molar-refractivity contribution in [2.24, 2.45) is 4.99 Å². The van der Waals surface area contributed by atoms with Gasteiger partial charge in [-0.1, -0.05) is 31.2 Å². The van der Waals surface area contributed by atoms with Gasteiger partial charge in [0.1, 0.15) is 5.76 Å². The fourth-order valence-electron chi connectivity index (χ4n) is 1.49. The number of alkyl halides is 2. The molecule has 0 spiro atoms. The quantitative estimate of drug-likeness (QED) is 0.453. The third kappa shape index (κ3) is 3.65. The molecule has 0 N–H and O–H groups in total. The van der Waals surface area contributed by atoms with Crippen LogP contribution >= 0.6 is 0 Å². The second kappa shape index (κ2) is 6.89. The highest BCUT2D eigenvalue weighted by Gasteiger charge is 2.16. The van der Waals surface area contributed by atoms with Crippen molar-refractivity contribution in [3.05, 3.63) is 41.5 Å². The summed E-state index contributed by atoms with van der Waals surface area (Å²) in [6.07, 6.45) is -0.126. The maximum absolute atomic E-state index is 12.5. The standard InChI is InChI=1S/C14H17F2NO/c1-4-10-6-8-11(9-7-10)12(5-2)18-14(17-3)13(15)16/h5-9,13H,4H2,1-3H3. The van der Waals surface area contributed by atoms with E-state index in [0.717, 1.165) is 12.0 Å². The largest absolute Gasteiger partial charge is 0.438 e. The van der Waals surface area contributed by atoms with Crippen LogP contribution in [0, 0.1) is 0 Å². The summed E-state index contributed by atoms with van der Waals surface area (Å²) in [6.45, 7) is 3.79. The molecule has 1 aromatic carbocycles. The number of hydrogen-bond donors (Lipinski definition) is 0. The lowest BCUT2D eigenvalue weighted by molar-refractivity contribution is 0.196. The van der Waals surface area contributed by atoms with Crippen molar-refractivity contribution >= 4 is 11.7 Å². The number of hydrogen-bond acceptors (Lipinski definition) is 2. The van der Waals surface area contributed by atoms with Gasteiger partial charge in [0.2, 0.25) is 0 Å². The summed E-state index contributed by atoms with van der Waals surface area (Å²) in [7, 11) is 1.29. The van der Waals surface area contributed by atoms with E-state index >= 15 is 0 Å². The lowest BCUT2D eigenvalue weighted by atomic mass is 10.1. The highest BCUT2D eigenvalue weighted by molar-refractivity contribution is 5.85. The molecule has 0 bridgehead atoms. The summed E-state index contributed by atoms with van der Waals surface area (Å²) in [5.41, 5.74) is 1.95. The van der Waals surface area contributed by atoms with Crippen LogP contribution in [0.5, 0.6) is 0 Å². The minimum atomic E-state index is -2.71. The molecule has 0 aromatic heterocycles. The average Bonchev–Trinajstić information content (AvgIpc) is 2.40. The van der Waals surface area contributed by atoms with Crippen LogP contribution < -0.4 is 0 Å². The van der Waals surface area contributed by atoms with Gasteiger partial charge in [-0.2, -0.15) is 8.78 Å². The van der Waals surface area contributed by atoms with Crippen molar-refractivity contribution in [2.75, 3.05) is 7.05 Å². The first kappa shape index (κ1) is 14.4. The van der Waals surface area contributed by atoms with E-state index < -0.39 is 12.3 Å². The summed E-state index contributed by atoms with van der Waals surface area (Å²) >= 11 is 0. The van der Waals surface area contributed by atoms with E-state index in [4.69, 9.17) is 4.74 Å². The second-order valence-electron chi connectivity index (χ2n) is 3.67. The van der Waals surface area contributed by atoms with Crippen LogP contribution in [0.1, 0.15) is 25.0 Å². The zero-order valence-electron chi connectivity index (χ0n) is 10.8. The molecule has 1 aromatic rings. The van der Waals surface area contributed by atoms with Crippen LogP contribution in [0.2, 0.25) is 0 Å². The third-order valence-electron chi connectivity index (χ3n) is 2.53. The molecule has 98 valence electrons. The van der Waals surface area contributed by atoms with E-state index in [1.165, 1.54) is 12.6 Å². The molecule has 0 fully saturated rings. The number of halogens is 2. The van der Waals surface area contributed by atoms with Crippen LogP contribution in [0.4, 0.5) is 8.78 Å². The van der Waals surface area contributed by atoms with Crippen LogP contribution in [0.25, 0.3) is 5.76 Å². The molecule has 0 saturated carbocycles. The smallest absolute Gasteiger partial charge is 0.312 e. The van der Waals surface area contributed by atoms with Crippen molar-refractivity contribution in [1.82, 2.24) is 0 Å². The fourth-order valence-corrected chi connectivity index (χ4v) is 1.49.